The third kappa shape index (κ3) is 3.94. The number of fused-ring (bicyclic) bond motifs is 1. The number of nitrogens with zero attached hydrogens (tertiary/aromatic N) is 5. The van der Waals surface area contributed by atoms with Crippen LogP contribution in [0.15, 0.2) is 9.95 Å². The molecule has 3 rings (SSSR count). The first-order valence-electron chi connectivity index (χ1n) is 8.59. The highest BCUT2D eigenvalue weighted by atomic mass is 32.2. The molecule has 10 heteroatoms. The summed E-state index contributed by atoms with van der Waals surface area (Å²) < 4.78 is 7.93. The van der Waals surface area contributed by atoms with Gasteiger partial charge in [-0.15, -0.1) is 5.92 Å². The first kappa shape index (κ1) is 19.3. The Morgan fingerprint density at radius 1 is 1.33 bits per heavy atom. The molecule has 144 valence electrons. The molecular weight excluding hydrogens is 368 g/mol. The van der Waals surface area contributed by atoms with E-state index in [1.54, 1.807) is 14.0 Å². The van der Waals surface area contributed by atoms with Crippen molar-refractivity contribution in [3.05, 3.63) is 10.4 Å². The zero-order valence-electron chi connectivity index (χ0n) is 15.6. The number of aromatic nitrogens is 4. The summed E-state index contributed by atoms with van der Waals surface area (Å²) >= 11 is 1.15. The molecule has 27 heavy (non-hydrogen) atoms. The number of anilines is 1. The van der Waals surface area contributed by atoms with Gasteiger partial charge in [-0.2, -0.15) is 4.98 Å². The van der Waals surface area contributed by atoms with Crippen LogP contribution in [0.1, 0.15) is 6.92 Å². The van der Waals surface area contributed by atoms with Crippen LogP contribution in [0.5, 0.6) is 0 Å². The minimum atomic E-state index is -0.375. The Kier molecular flexibility index (Phi) is 6.03. The van der Waals surface area contributed by atoms with Crippen LogP contribution in [-0.4, -0.2) is 64.1 Å². The van der Waals surface area contributed by atoms with Gasteiger partial charge in [0.2, 0.25) is 5.95 Å². The van der Waals surface area contributed by atoms with E-state index in [1.165, 1.54) is 11.7 Å². The smallest absolute Gasteiger partial charge is 0.316 e. The highest BCUT2D eigenvalue weighted by Crippen LogP contribution is 2.22. The number of piperazine rings is 1. The van der Waals surface area contributed by atoms with Gasteiger partial charge >= 0.3 is 5.97 Å². The molecule has 0 aliphatic carbocycles. The normalized spacial score (nSPS) is 14.1. The molecule has 0 spiro atoms. The summed E-state index contributed by atoms with van der Waals surface area (Å²) in [5.74, 6) is 6.30. The van der Waals surface area contributed by atoms with Gasteiger partial charge < -0.3 is 15.0 Å². The van der Waals surface area contributed by atoms with Crippen molar-refractivity contribution in [1.82, 2.24) is 24.4 Å². The maximum Gasteiger partial charge on any atom is 0.316 e. The molecule has 0 unspecified atom stereocenters. The van der Waals surface area contributed by atoms with E-state index in [9.17, 15) is 9.59 Å². The lowest BCUT2D eigenvalue weighted by Gasteiger charge is -2.28. The minimum Gasteiger partial charge on any atom is -0.468 e. The monoisotopic (exact) mass is 390 g/mol. The summed E-state index contributed by atoms with van der Waals surface area (Å²) in [6.07, 6.45) is 0. The van der Waals surface area contributed by atoms with Crippen molar-refractivity contribution in [3.8, 4) is 11.8 Å². The lowest BCUT2D eigenvalue weighted by atomic mass is 10.4. The predicted octanol–water partition coefficient (Wildman–Crippen LogP) is -0.172. The zero-order valence-corrected chi connectivity index (χ0v) is 16.4. The van der Waals surface area contributed by atoms with Gasteiger partial charge in [-0.1, -0.05) is 17.7 Å². The van der Waals surface area contributed by atoms with Gasteiger partial charge in [0.05, 0.1) is 19.4 Å². The maximum absolute atomic E-state index is 13.0. The number of hydrogen-bond donors (Lipinski definition) is 1. The number of hydrogen-bond acceptors (Lipinski definition) is 8. The predicted molar refractivity (Wildman–Crippen MR) is 104 cm³/mol. The topological polar surface area (TPSA) is 94.3 Å². The summed E-state index contributed by atoms with van der Waals surface area (Å²) in [7, 11) is 2.97. The molecule has 2 aromatic rings. The van der Waals surface area contributed by atoms with Gasteiger partial charge in [0.15, 0.2) is 16.3 Å². The molecule has 0 bridgehead atoms. The summed E-state index contributed by atoms with van der Waals surface area (Å²) in [4.78, 5) is 35.7. The molecule has 2 aromatic heterocycles. The lowest BCUT2D eigenvalue weighted by molar-refractivity contribution is -0.137. The number of imidazole rings is 1. The van der Waals surface area contributed by atoms with E-state index in [4.69, 9.17) is 0 Å². The Balaban J connectivity index is 2.09. The van der Waals surface area contributed by atoms with Gasteiger partial charge in [0.25, 0.3) is 5.56 Å². The first-order valence-corrected chi connectivity index (χ1v) is 9.57. The number of nitrogens with one attached hydrogen (secondary N) is 1. The summed E-state index contributed by atoms with van der Waals surface area (Å²) in [6.45, 7) is 5.45. The second-order valence-corrected chi connectivity index (χ2v) is 6.90. The fourth-order valence-electron chi connectivity index (χ4n) is 2.85. The fraction of sp³-hybridized carbons (Fsp3) is 0.529. The molecule has 1 N–H and O–H groups in total. The maximum atomic E-state index is 13.0. The standard InChI is InChI=1S/C17H22N6O3S/c1-4-5-8-23-13-14(19-16(23)22-9-6-18-7-10-22)20-17(21(2)15(13)25)27-11-12(24)26-3/h18H,6-11H2,1-3H3. The average Bonchev–Trinajstić information content (AvgIpc) is 3.06. The number of esters is 1. The lowest BCUT2D eigenvalue weighted by Crippen LogP contribution is -2.44. The van der Waals surface area contributed by atoms with E-state index in [-0.39, 0.29) is 17.3 Å². The third-order valence-electron chi connectivity index (χ3n) is 4.29. The number of rotatable bonds is 5. The second-order valence-electron chi connectivity index (χ2n) is 5.96. The molecule has 0 saturated carbocycles. The molecule has 0 atom stereocenters. The van der Waals surface area contributed by atoms with Crippen LogP contribution in [0.4, 0.5) is 5.95 Å². The van der Waals surface area contributed by atoms with Crippen molar-refractivity contribution >= 4 is 34.8 Å². The molecule has 1 saturated heterocycles. The Hall–Kier alpha value is -2.51. The van der Waals surface area contributed by atoms with Gasteiger partial charge in [-0.3, -0.25) is 18.7 Å². The van der Waals surface area contributed by atoms with Crippen molar-refractivity contribution in [2.24, 2.45) is 7.05 Å². The van der Waals surface area contributed by atoms with Gasteiger partial charge in [0, 0.05) is 33.2 Å². The zero-order chi connectivity index (χ0) is 19.4. The van der Waals surface area contributed by atoms with Crippen LogP contribution in [-0.2, 0) is 23.1 Å². The number of carbonyl (C=O) groups excluding carboxylic acids is 1. The summed E-state index contributed by atoms with van der Waals surface area (Å²) in [6, 6.07) is 0. The average molecular weight is 390 g/mol. The van der Waals surface area contributed by atoms with Crippen LogP contribution in [0.3, 0.4) is 0 Å². The largest absolute Gasteiger partial charge is 0.468 e. The van der Waals surface area contributed by atoms with E-state index in [0.29, 0.717) is 28.8 Å². The molecular formula is C17H22N6O3S. The highest BCUT2D eigenvalue weighted by molar-refractivity contribution is 7.99. The number of ether oxygens (including phenoxy) is 1. The van der Waals surface area contributed by atoms with Crippen molar-refractivity contribution < 1.29 is 9.53 Å². The Labute approximate surface area is 161 Å². The highest BCUT2D eigenvalue weighted by Gasteiger charge is 2.23. The van der Waals surface area contributed by atoms with Crippen molar-refractivity contribution in [3.63, 3.8) is 0 Å². The third-order valence-corrected chi connectivity index (χ3v) is 5.29. The van der Waals surface area contributed by atoms with Gasteiger partial charge in [-0.25, -0.2) is 4.98 Å². The van der Waals surface area contributed by atoms with E-state index < -0.39 is 0 Å². The minimum absolute atomic E-state index is 0.0783. The number of methoxy groups -OCH3 is 1. The number of thioether (sulfide) groups is 1. The van der Waals surface area contributed by atoms with Crippen LogP contribution >= 0.6 is 11.8 Å². The molecule has 0 aromatic carbocycles. The van der Waals surface area contributed by atoms with Crippen molar-refractivity contribution in [1.29, 1.82) is 0 Å². The molecule has 0 radical (unpaired) electrons. The molecule has 1 aliphatic rings. The molecule has 0 amide bonds. The SMILES string of the molecule is CC#CCn1c(N2CCNCC2)nc2nc(SCC(=O)OC)n(C)c(=O)c21. The van der Waals surface area contributed by atoms with Crippen LogP contribution < -0.4 is 15.8 Å². The molecule has 9 nitrogen and oxygen atoms in total. The summed E-state index contributed by atoms with van der Waals surface area (Å²) in [5.41, 5.74) is 0.590. The summed E-state index contributed by atoms with van der Waals surface area (Å²) in [5, 5.41) is 3.73. The van der Waals surface area contributed by atoms with Gasteiger partial charge in [0.1, 0.15) is 0 Å². The Bertz CT molecular complexity index is 965. The molecule has 3 heterocycles. The van der Waals surface area contributed by atoms with E-state index in [1.807, 2.05) is 4.57 Å². The first-order chi connectivity index (χ1) is 13.1. The van der Waals surface area contributed by atoms with Crippen LogP contribution in [0.2, 0.25) is 0 Å². The molecule has 1 fully saturated rings. The van der Waals surface area contributed by atoms with E-state index >= 15 is 0 Å². The van der Waals surface area contributed by atoms with Crippen molar-refractivity contribution in [2.75, 3.05) is 43.9 Å². The van der Waals surface area contributed by atoms with Crippen LogP contribution in [0, 0.1) is 11.8 Å². The Morgan fingerprint density at radius 2 is 2.07 bits per heavy atom. The molecule has 1 aliphatic heterocycles. The second kappa shape index (κ2) is 8.45. The van der Waals surface area contributed by atoms with Gasteiger partial charge in [-0.05, 0) is 6.92 Å². The fourth-order valence-corrected chi connectivity index (χ4v) is 3.65. The number of carbonyl (C=O) groups is 1. The quantitative estimate of drug-likeness (QED) is 0.325. The van der Waals surface area contributed by atoms with E-state index in [0.717, 1.165) is 37.9 Å². The van der Waals surface area contributed by atoms with Crippen LogP contribution in [0.25, 0.3) is 11.2 Å². The Morgan fingerprint density at radius 3 is 2.74 bits per heavy atom. The van der Waals surface area contributed by atoms with Crippen molar-refractivity contribution in [2.45, 2.75) is 18.6 Å². The van der Waals surface area contributed by atoms with E-state index in [2.05, 4.69) is 36.8 Å².